The molecule has 0 fully saturated rings. The smallest absolute Gasteiger partial charge is 0.164 e. The maximum absolute atomic E-state index is 5.10. The van der Waals surface area contributed by atoms with E-state index in [1.165, 1.54) is 60.4 Å². The first-order chi connectivity index (χ1) is 26.2. The van der Waals surface area contributed by atoms with Crippen LogP contribution in [0.15, 0.2) is 158 Å². The number of hydrogen-bond donors (Lipinski definition) is 0. The van der Waals surface area contributed by atoms with Gasteiger partial charge >= 0.3 is 0 Å². The number of benzene rings is 7. The molecule has 0 spiro atoms. The number of fused-ring (bicyclic) bond motifs is 4. The average Bonchev–Trinajstić information content (AvgIpc) is 3.74. The van der Waals surface area contributed by atoms with Gasteiger partial charge in [-0.05, 0) is 85.0 Å². The van der Waals surface area contributed by atoms with Gasteiger partial charge in [-0.2, -0.15) is 0 Å². The molecular weight excluding hydrogens is 647 g/mol. The summed E-state index contributed by atoms with van der Waals surface area (Å²) in [4.78, 5) is 15.2. The van der Waals surface area contributed by atoms with Crippen molar-refractivity contribution in [1.82, 2.24) is 24.1 Å². The van der Waals surface area contributed by atoms with Crippen LogP contribution in [0.5, 0.6) is 0 Å². The van der Waals surface area contributed by atoms with Gasteiger partial charge in [0.15, 0.2) is 17.5 Å². The molecule has 0 amide bonds. The van der Waals surface area contributed by atoms with Gasteiger partial charge in [0.25, 0.3) is 0 Å². The highest BCUT2D eigenvalue weighted by molar-refractivity contribution is 6.22. The fourth-order valence-corrected chi connectivity index (χ4v) is 8.63. The van der Waals surface area contributed by atoms with E-state index in [2.05, 4.69) is 137 Å². The first kappa shape index (κ1) is 29.8. The average molecular weight is 680 g/mol. The number of aryl methyl sites for hydroxylation is 3. The van der Waals surface area contributed by atoms with Crippen molar-refractivity contribution in [2.75, 3.05) is 0 Å². The third-order valence-electron chi connectivity index (χ3n) is 10.8. The molecule has 5 nitrogen and oxygen atoms in total. The van der Waals surface area contributed by atoms with E-state index < -0.39 is 0 Å². The summed E-state index contributed by atoms with van der Waals surface area (Å²) in [6, 6.07) is 56.0. The Kier molecular flexibility index (Phi) is 6.52. The highest BCUT2D eigenvalue weighted by atomic mass is 15.0. The van der Waals surface area contributed by atoms with Crippen LogP contribution < -0.4 is 0 Å². The van der Waals surface area contributed by atoms with Gasteiger partial charge in [-0.1, -0.05) is 109 Å². The van der Waals surface area contributed by atoms with Gasteiger partial charge in [0, 0.05) is 49.6 Å². The number of rotatable bonds is 5. The third-order valence-corrected chi connectivity index (χ3v) is 10.8. The van der Waals surface area contributed by atoms with Crippen molar-refractivity contribution < 1.29 is 0 Å². The molecule has 0 atom stereocenters. The predicted octanol–water partition coefficient (Wildman–Crippen LogP) is 11.5. The Morgan fingerprint density at radius 1 is 0.434 bits per heavy atom. The van der Waals surface area contributed by atoms with Crippen molar-refractivity contribution in [2.24, 2.45) is 0 Å². The zero-order valence-corrected chi connectivity index (χ0v) is 29.2. The molecule has 11 rings (SSSR count). The minimum atomic E-state index is 0.655. The van der Waals surface area contributed by atoms with Crippen molar-refractivity contribution in [1.29, 1.82) is 0 Å². The Morgan fingerprint density at radius 3 is 1.77 bits per heavy atom. The molecule has 5 heteroatoms. The zero-order chi connectivity index (χ0) is 35.0. The molecule has 0 aliphatic heterocycles. The lowest BCUT2D eigenvalue weighted by molar-refractivity contribution is 0.968. The Balaban J connectivity index is 1.20. The summed E-state index contributed by atoms with van der Waals surface area (Å²) >= 11 is 0. The number of hydrogen-bond acceptors (Lipinski definition) is 3. The van der Waals surface area contributed by atoms with E-state index in [0.29, 0.717) is 17.5 Å². The number of para-hydroxylation sites is 2. The van der Waals surface area contributed by atoms with Crippen LogP contribution in [0.4, 0.5) is 0 Å². The molecule has 0 bridgehead atoms. The first-order valence-corrected chi connectivity index (χ1v) is 18.3. The van der Waals surface area contributed by atoms with E-state index >= 15 is 0 Å². The Labute approximate surface area is 306 Å². The van der Waals surface area contributed by atoms with Gasteiger partial charge in [-0.25, -0.2) is 15.0 Å². The normalized spacial score (nSPS) is 12.5. The maximum atomic E-state index is 5.10. The van der Waals surface area contributed by atoms with Crippen molar-refractivity contribution >= 4 is 43.6 Å². The number of aromatic nitrogens is 5. The monoisotopic (exact) mass is 679 g/mol. The molecule has 250 valence electrons. The molecule has 10 aromatic rings. The molecule has 0 saturated carbocycles. The summed E-state index contributed by atoms with van der Waals surface area (Å²) in [5, 5.41) is 5.26. The second kappa shape index (κ2) is 11.6. The Bertz CT molecular complexity index is 2990. The minimum absolute atomic E-state index is 0.655. The largest absolute Gasteiger partial charge is 0.309 e. The minimum Gasteiger partial charge on any atom is -0.309 e. The third kappa shape index (κ3) is 4.60. The summed E-state index contributed by atoms with van der Waals surface area (Å²) in [6.07, 6.45) is 1.98. The van der Waals surface area contributed by atoms with Crippen molar-refractivity contribution in [3.8, 4) is 45.5 Å². The van der Waals surface area contributed by atoms with Gasteiger partial charge in [0.1, 0.15) is 0 Å². The SMILES string of the molecule is Cc1cc(-c2nc(-c3ccccc3)nc(-c3ccccc3)n2)cc(-n2c3ccccc3c3cc4c5c(c32)CCc2cccc(c25)n4-c2ccccc2)c1. The van der Waals surface area contributed by atoms with Crippen LogP contribution in [-0.4, -0.2) is 24.1 Å². The first-order valence-electron chi connectivity index (χ1n) is 18.3. The molecule has 0 unspecified atom stereocenters. The van der Waals surface area contributed by atoms with Gasteiger partial charge in [-0.15, -0.1) is 0 Å². The van der Waals surface area contributed by atoms with E-state index in [1.54, 1.807) is 0 Å². The Hall–Kier alpha value is -6.85. The van der Waals surface area contributed by atoms with Crippen LogP contribution in [0.2, 0.25) is 0 Å². The molecule has 1 aliphatic rings. The lowest BCUT2D eigenvalue weighted by Gasteiger charge is -2.18. The van der Waals surface area contributed by atoms with E-state index in [4.69, 9.17) is 15.0 Å². The summed E-state index contributed by atoms with van der Waals surface area (Å²) in [6.45, 7) is 2.17. The molecule has 0 radical (unpaired) electrons. The van der Waals surface area contributed by atoms with E-state index in [-0.39, 0.29) is 0 Å². The number of nitrogens with zero attached hydrogens (tertiary/aromatic N) is 5. The molecular formula is C48H33N5. The summed E-state index contributed by atoms with van der Waals surface area (Å²) in [5.41, 5.74) is 14.1. The standard InChI is InChI=1S/C48H33N5/c1-30-26-34(48-50-46(32-14-5-2-6-15-32)49-47(51-48)33-16-7-3-8-17-33)28-36(27-30)53-40-22-12-11-21-37(40)39-29-42-44-38(45(39)53)25-24-31-18-13-23-41(43(31)44)52(42)35-19-9-4-10-20-35/h2-23,26-29H,24-25H2,1H3. The van der Waals surface area contributed by atoms with Crippen molar-refractivity contribution in [3.63, 3.8) is 0 Å². The van der Waals surface area contributed by atoms with Crippen molar-refractivity contribution in [2.45, 2.75) is 19.8 Å². The van der Waals surface area contributed by atoms with Crippen LogP contribution in [-0.2, 0) is 12.8 Å². The lowest BCUT2D eigenvalue weighted by atomic mass is 9.89. The molecule has 0 saturated heterocycles. The summed E-state index contributed by atoms with van der Waals surface area (Å²) in [5.74, 6) is 1.97. The van der Waals surface area contributed by atoms with Crippen LogP contribution in [0, 0.1) is 6.92 Å². The quantitative estimate of drug-likeness (QED) is 0.182. The Morgan fingerprint density at radius 2 is 1.06 bits per heavy atom. The van der Waals surface area contributed by atoms with Gasteiger partial charge in [0.2, 0.25) is 0 Å². The highest BCUT2D eigenvalue weighted by Gasteiger charge is 2.27. The summed E-state index contributed by atoms with van der Waals surface area (Å²) in [7, 11) is 0. The lowest BCUT2D eigenvalue weighted by Crippen LogP contribution is -2.04. The van der Waals surface area contributed by atoms with Gasteiger partial charge in [0.05, 0.1) is 22.1 Å². The topological polar surface area (TPSA) is 48.5 Å². The van der Waals surface area contributed by atoms with Crippen LogP contribution in [0.1, 0.15) is 16.7 Å². The van der Waals surface area contributed by atoms with Gasteiger partial charge in [-0.3, -0.25) is 0 Å². The second-order valence-corrected chi connectivity index (χ2v) is 14.1. The predicted molar refractivity (Wildman–Crippen MR) is 217 cm³/mol. The van der Waals surface area contributed by atoms with Crippen LogP contribution >= 0.6 is 0 Å². The highest BCUT2D eigenvalue weighted by Crippen LogP contribution is 2.46. The van der Waals surface area contributed by atoms with Gasteiger partial charge < -0.3 is 9.13 Å². The fraction of sp³-hybridized carbons (Fsp3) is 0.0625. The van der Waals surface area contributed by atoms with Crippen molar-refractivity contribution in [3.05, 3.63) is 174 Å². The van der Waals surface area contributed by atoms with E-state index in [0.717, 1.165) is 40.8 Å². The van der Waals surface area contributed by atoms with E-state index in [1.807, 2.05) is 36.4 Å². The van der Waals surface area contributed by atoms with E-state index in [9.17, 15) is 0 Å². The molecule has 7 aromatic carbocycles. The molecule has 3 heterocycles. The molecule has 53 heavy (non-hydrogen) atoms. The second-order valence-electron chi connectivity index (χ2n) is 14.1. The molecule has 1 aliphatic carbocycles. The van der Waals surface area contributed by atoms with Crippen LogP contribution in [0.3, 0.4) is 0 Å². The fourth-order valence-electron chi connectivity index (χ4n) is 8.63. The molecule has 3 aromatic heterocycles. The zero-order valence-electron chi connectivity index (χ0n) is 29.2. The maximum Gasteiger partial charge on any atom is 0.164 e. The van der Waals surface area contributed by atoms with Crippen LogP contribution in [0.25, 0.3) is 89.2 Å². The molecule has 0 N–H and O–H groups in total. The summed E-state index contributed by atoms with van der Waals surface area (Å²) < 4.78 is 4.96.